The molecule has 0 atom stereocenters. The van der Waals surface area contributed by atoms with Crippen LogP contribution in [0.2, 0.25) is 0 Å². The van der Waals surface area contributed by atoms with E-state index in [1.165, 1.54) is 11.1 Å². The highest BCUT2D eigenvalue weighted by Gasteiger charge is 2.08. The van der Waals surface area contributed by atoms with E-state index < -0.39 is 0 Å². The number of hydrogen-bond acceptors (Lipinski definition) is 2. The van der Waals surface area contributed by atoms with Gasteiger partial charge in [-0.25, -0.2) is 0 Å². The van der Waals surface area contributed by atoms with Crippen molar-refractivity contribution in [1.29, 1.82) is 0 Å². The number of carbonyl (C=O) groups is 1. The van der Waals surface area contributed by atoms with E-state index in [0.29, 0.717) is 12.8 Å². The lowest BCUT2D eigenvalue weighted by Crippen LogP contribution is -2.18. The fraction of sp³-hybridized carbons (Fsp3) is 0.222. The van der Waals surface area contributed by atoms with Crippen LogP contribution < -0.4 is 5.32 Å². The van der Waals surface area contributed by atoms with Gasteiger partial charge in [-0.15, -0.1) is 0 Å². The maximum absolute atomic E-state index is 12.1. The van der Waals surface area contributed by atoms with Gasteiger partial charge < -0.3 is 5.32 Å². The second-order valence-electron chi connectivity index (χ2n) is 5.04. The van der Waals surface area contributed by atoms with Gasteiger partial charge in [-0.05, 0) is 24.6 Å². The van der Waals surface area contributed by atoms with Crippen molar-refractivity contribution < 1.29 is 4.79 Å². The number of amides is 1. The summed E-state index contributed by atoms with van der Waals surface area (Å²) in [6.07, 6.45) is 1.03. The number of aryl methyl sites for hydroxylation is 1. The van der Waals surface area contributed by atoms with E-state index in [9.17, 15) is 4.79 Å². The van der Waals surface area contributed by atoms with Crippen molar-refractivity contribution in [3.8, 4) is 0 Å². The molecule has 1 amide bonds. The van der Waals surface area contributed by atoms with Crippen LogP contribution >= 0.6 is 0 Å². The highest BCUT2D eigenvalue weighted by atomic mass is 16.1. The maximum Gasteiger partial charge on any atom is 0.230 e. The van der Waals surface area contributed by atoms with Crippen molar-refractivity contribution in [3.05, 3.63) is 65.7 Å². The van der Waals surface area contributed by atoms with Crippen molar-refractivity contribution in [2.45, 2.75) is 19.8 Å². The average molecular weight is 280 g/mol. The predicted molar refractivity (Wildman–Crippen MR) is 87.9 cm³/mol. The summed E-state index contributed by atoms with van der Waals surface area (Å²) in [6.45, 7) is 2.02. The molecule has 0 spiro atoms. The van der Waals surface area contributed by atoms with Gasteiger partial charge in [0.2, 0.25) is 5.91 Å². The highest BCUT2D eigenvalue weighted by Crippen LogP contribution is 2.10. The van der Waals surface area contributed by atoms with E-state index >= 15 is 0 Å². The predicted octanol–water partition coefficient (Wildman–Crippen LogP) is 3.64. The number of rotatable bonds is 5. The Morgan fingerprint density at radius 1 is 1.05 bits per heavy atom. The first-order valence-corrected chi connectivity index (χ1v) is 7.02. The van der Waals surface area contributed by atoms with Gasteiger partial charge >= 0.3 is 0 Å². The molecule has 0 unspecified atom stereocenters. The van der Waals surface area contributed by atoms with Crippen LogP contribution in [0.4, 0.5) is 5.69 Å². The Hall–Kier alpha value is -2.42. The van der Waals surface area contributed by atoms with Gasteiger partial charge in [-0.2, -0.15) is 0 Å². The van der Waals surface area contributed by atoms with Crippen molar-refractivity contribution in [1.82, 2.24) is 0 Å². The third-order valence-corrected chi connectivity index (χ3v) is 3.27. The second-order valence-corrected chi connectivity index (χ2v) is 5.04. The summed E-state index contributed by atoms with van der Waals surface area (Å²) in [5.41, 5.74) is 4.04. The number of benzene rings is 2. The largest absolute Gasteiger partial charge is 0.326 e. The zero-order valence-corrected chi connectivity index (χ0v) is 12.5. The van der Waals surface area contributed by atoms with E-state index in [2.05, 4.69) is 10.3 Å². The molecule has 3 nitrogen and oxygen atoms in total. The van der Waals surface area contributed by atoms with Crippen molar-refractivity contribution in [2.75, 3.05) is 12.4 Å². The summed E-state index contributed by atoms with van der Waals surface area (Å²) >= 11 is 0. The van der Waals surface area contributed by atoms with E-state index in [1.54, 1.807) is 7.05 Å². The molecular formula is C18H20N2O. The summed E-state index contributed by atoms with van der Waals surface area (Å²) in [5, 5.41) is 2.90. The minimum absolute atomic E-state index is 0.0321. The van der Waals surface area contributed by atoms with Crippen LogP contribution in [-0.4, -0.2) is 18.7 Å². The minimum atomic E-state index is -0.0321. The molecule has 0 bridgehead atoms. The van der Waals surface area contributed by atoms with Crippen LogP contribution in [0, 0.1) is 6.92 Å². The molecule has 0 aliphatic carbocycles. The van der Waals surface area contributed by atoms with Gasteiger partial charge in [0.25, 0.3) is 0 Å². The van der Waals surface area contributed by atoms with Gasteiger partial charge in [-0.3, -0.25) is 9.79 Å². The molecule has 2 aromatic carbocycles. The van der Waals surface area contributed by atoms with Gasteiger partial charge in [-0.1, -0.05) is 48.0 Å². The molecule has 0 radical (unpaired) electrons. The Bertz CT molecular complexity index is 615. The third kappa shape index (κ3) is 4.88. The van der Waals surface area contributed by atoms with Crippen molar-refractivity contribution in [3.63, 3.8) is 0 Å². The number of hydrogen-bond donors (Lipinski definition) is 1. The normalized spacial score (nSPS) is 11.2. The van der Waals surface area contributed by atoms with Crippen LogP contribution in [0.15, 0.2) is 59.6 Å². The topological polar surface area (TPSA) is 41.5 Å². The quantitative estimate of drug-likeness (QED) is 0.835. The van der Waals surface area contributed by atoms with E-state index in [1.807, 2.05) is 61.5 Å². The van der Waals surface area contributed by atoms with Crippen molar-refractivity contribution in [2.24, 2.45) is 4.99 Å². The van der Waals surface area contributed by atoms with E-state index in [4.69, 9.17) is 0 Å². The molecule has 2 aromatic rings. The van der Waals surface area contributed by atoms with Crippen LogP contribution in [0.3, 0.4) is 0 Å². The Labute approximate surface area is 125 Å². The Kier molecular flexibility index (Phi) is 5.27. The summed E-state index contributed by atoms with van der Waals surface area (Å²) < 4.78 is 0. The average Bonchev–Trinajstić information content (AvgIpc) is 2.50. The first kappa shape index (κ1) is 15.0. The van der Waals surface area contributed by atoms with Gasteiger partial charge in [0.05, 0.1) is 6.42 Å². The molecule has 3 heteroatoms. The molecule has 0 fully saturated rings. The Morgan fingerprint density at radius 2 is 1.71 bits per heavy atom. The standard InChI is InChI=1S/C18H20N2O/c1-14-8-10-16(11-9-14)20-18(21)13-17(19-2)12-15-6-4-3-5-7-15/h3-11H,12-13H2,1-2H3,(H,20,21)/b19-17+. The number of aliphatic imine (C=N–C) groups is 1. The summed E-state index contributed by atoms with van der Waals surface area (Å²) in [7, 11) is 1.73. The molecule has 0 aliphatic heterocycles. The van der Waals surface area contributed by atoms with Crippen LogP contribution in [0.25, 0.3) is 0 Å². The zero-order chi connectivity index (χ0) is 15.1. The fourth-order valence-electron chi connectivity index (χ4n) is 2.08. The van der Waals surface area contributed by atoms with Crippen molar-refractivity contribution >= 4 is 17.3 Å². The van der Waals surface area contributed by atoms with Crippen LogP contribution in [0.1, 0.15) is 17.5 Å². The molecular weight excluding hydrogens is 260 g/mol. The van der Waals surface area contributed by atoms with E-state index in [-0.39, 0.29) is 5.91 Å². The summed E-state index contributed by atoms with van der Waals surface area (Å²) in [6, 6.07) is 17.8. The molecule has 0 aliphatic rings. The van der Waals surface area contributed by atoms with E-state index in [0.717, 1.165) is 11.4 Å². The maximum atomic E-state index is 12.1. The molecule has 2 rings (SSSR count). The Morgan fingerprint density at radius 3 is 2.33 bits per heavy atom. The smallest absolute Gasteiger partial charge is 0.230 e. The summed E-state index contributed by atoms with van der Waals surface area (Å²) in [4.78, 5) is 16.3. The monoisotopic (exact) mass is 280 g/mol. The molecule has 0 heterocycles. The third-order valence-electron chi connectivity index (χ3n) is 3.27. The summed E-state index contributed by atoms with van der Waals surface area (Å²) in [5.74, 6) is -0.0321. The number of carbonyl (C=O) groups excluding carboxylic acids is 1. The first-order chi connectivity index (χ1) is 10.2. The highest BCUT2D eigenvalue weighted by molar-refractivity contribution is 6.07. The van der Waals surface area contributed by atoms with Gasteiger partial charge in [0.15, 0.2) is 0 Å². The zero-order valence-electron chi connectivity index (χ0n) is 12.5. The molecule has 0 aromatic heterocycles. The Balaban J connectivity index is 1.92. The molecule has 21 heavy (non-hydrogen) atoms. The molecule has 0 saturated heterocycles. The van der Waals surface area contributed by atoms with Crippen LogP contribution in [-0.2, 0) is 11.2 Å². The lowest BCUT2D eigenvalue weighted by Gasteiger charge is -2.08. The lowest BCUT2D eigenvalue weighted by molar-refractivity contribution is -0.115. The fourth-order valence-corrected chi connectivity index (χ4v) is 2.08. The minimum Gasteiger partial charge on any atom is -0.326 e. The molecule has 0 saturated carbocycles. The second kappa shape index (κ2) is 7.39. The lowest BCUT2D eigenvalue weighted by atomic mass is 10.1. The number of nitrogens with one attached hydrogen (secondary N) is 1. The van der Waals surface area contributed by atoms with Gasteiger partial charge in [0.1, 0.15) is 0 Å². The first-order valence-electron chi connectivity index (χ1n) is 7.02. The SMILES string of the molecule is C/N=C(/CC(=O)Nc1ccc(C)cc1)Cc1ccccc1. The van der Waals surface area contributed by atoms with Crippen LogP contribution in [0.5, 0.6) is 0 Å². The van der Waals surface area contributed by atoms with Gasteiger partial charge in [0, 0.05) is 24.9 Å². The molecule has 108 valence electrons. The molecule has 1 N–H and O–H groups in total. The number of nitrogens with zero attached hydrogens (tertiary/aromatic N) is 1. The number of anilines is 1.